The average molecular weight is 366 g/mol. The van der Waals surface area contributed by atoms with E-state index in [-0.39, 0.29) is 29.7 Å². The molecule has 2 rings (SSSR count). The van der Waals surface area contributed by atoms with Crippen molar-refractivity contribution in [1.29, 1.82) is 0 Å². The Morgan fingerprint density at radius 3 is 2.52 bits per heavy atom. The molecule has 1 aromatic heterocycles. The van der Waals surface area contributed by atoms with Crippen molar-refractivity contribution in [1.82, 2.24) is 14.8 Å². The van der Waals surface area contributed by atoms with Gasteiger partial charge in [0.05, 0.1) is 5.02 Å². The van der Waals surface area contributed by atoms with Crippen molar-refractivity contribution >= 4 is 40.3 Å². The molecular weight excluding hydrogens is 346 g/mol. The highest BCUT2D eigenvalue weighted by atomic mass is 35.5. The molecule has 1 atom stereocenters. The van der Waals surface area contributed by atoms with E-state index in [2.05, 4.69) is 5.32 Å². The normalized spacial score (nSPS) is 12.0. The van der Waals surface area contributed by atoms with Gasteiger partial charge in [0, 0.05) is 38.0 Å². The minimum atomic E-state index is -1.13. The van der Waals surface area contributed by atoms with Crippen LogP contribution in [0.5, 0.6) is 0 Å². The Kier molecular flexibility index (Phi) is 5.69. The van der Waals surface area contributed by atoms with E-state index in [1.807, 2.05) is 18.2 Å². The first kappa shape index (κ1) is 18.8. The first-order valence-electron chi connectivity index (χ1n) is 7.76. The molecule has 0 aliphatic carbocycles. The van der Waals surface area contributed by atoms with Crippen molar-refractivity contribution in [2.24, 2.45) is 7.05 Å². The van der Waals surface area contributed by atoms with Crippen LogP contribution in [0, 0.1) is 0 Å². The highest BCUT2D eigenvalue weighted by molar-refractivity contribution is 6.38. The molecule has 0 bridgehead atoms. The van der Waals surface area contributed by atoms with Crippen LogP contribution >= 0.6 is 11.6 Å². The highest BCUT2D eigenvalue weighted by Gasteiger charge is 2.30. The topological polar surface area (TPSA) is 91.6 Å². The van der Waals surface area contributed by atoms with E-state index in [4.69, 9.17) is 11.6 Å². The van der Waals surface area contributed by atoms with Gasteiger partial charge in [-0.2, -0.15) is 0 Å². The van der Waals surface area contributed by atoms with E-state index < -0.39 is 17.9 Å². The maximum atomic E-state index is 13.0. The molecule has 0 saturated carbocycles. The first-order valence-corrected chi connectivity index (χ1v) is 8.14. The summed E-state index contributed by atoms with van der Waals surface area (Å²) in [4.78, 5) is 36.6. The van der Waals surface area contributed by atoms with Crippen LogP contribution < -0.4 is 5.32 Å². The molecule has 1 heterocycles. The van der Waals surface area contributed by atoms with Crippen molar-refractivity contribution in [3.8, 4) is 0 Å². The molecule has 2 N–H and O–H groups in total. The minimum absolute atomic E-state index is 0.0593. The quantitative estimate of drug-likeness (QED) is 0.817. The molecule has 1 aromatic carbocycles. The number of aliphatic carboxylic acids is 1. The molecule has 0 spiro atoms. The number of carbonyl (C=O) groups excluding carboxylic acids is 2. The number of benzene rings is 1. The number of aromatic nitrogens is 1. The van der Waals surface area contributed by atoms with E-state index >= 15 is 0 Å². The van der Waals surface area contributed by atoms with Crippen molar-refractivity contribution in [3.63, 3.8) is 0 Å². The van der Waals surface area contributed by atoms with Gasteiger partial charge in [0.1, 0.15) is 11.7 Å². The molecule has 7 nitrogen and oxygen atoms in total. The summed E-state index contributed by atoms with van der Waals surface area (Å²) < 4.78 is 1.65. The second-order valence-corrected chi connectivity index (χ2v) is 6.11. The van der Waals surface area contributed by atoms with E-state index in [1.165, 1.54) is 18.7 Å². The lowest BCUT2D eigenvalue weighted by atomic mass is 10.2. The Balaban J connectivity index is 2.42. The largest absolute Gasteiger partial charge is 0.480 e. The van der Waals surface area contributed by atoms with Crippen molar-refractivity contribution in [3.05, 3.63) is 35.0 Å². The number of halogens is 1. The third kappa shape index (κ3) is 3.76. The smallest absolute Gasteiger partial charge is 0.326 e. The van der Waals surface area contributed by atoms with Gasteiger partial charge in [-0.1, -0.05) is 29.8 Å². The number of carboxylic acid groups (broad SMARTS) is 1. The summed E-state index contributed by atoms with van der Waals surface area (Å²) in [7, 11) is 1.71. The van der Waals surface area contributed by atoms with Crippen LogP contribution in [0.3, 0.4) is 0 Å². The standard InChI is InChI=1S/C17H20ClN3O4/c1-10(17(24)25)21(9-8-19-11(2)22)16(23)15-14(18)12-6-4-5-7-13(12)20(15)3/h4-7,10H,8-9H2,1-3H3,(H,19,22)(H,24,25). The number of hydrogen-bond acceptors (Lipinski definition) is 3. The number of fused-ring (bicyclic) bond motifs is 1. The Labute approximate surface area is 150 Å². The highest BCUT2D eigenvalue weighted by Crippen LogP contribution is 2.30. The average Bonchev–Trinajstić information content (AvgIpc) is 2.82. The molecule has 1 unspecified atom stereocenters. The second-order valence-electron chi connectivity index (χ2n) is 5.73. The van der Waals surface area contributed by atoms with Crippen LogP contribution in [0.2, 0.25) is 5.02 Å². The molecule has 0 aliphatic heterocycles. The van der Waals surface area contributed by atoms with Gasteiger partial charge in [-0.05, 0) is 13.0 Å². The molecule has 2 amide bonds. The summed E-state index contributed by atoms with van der Waals surface area (Å²) in [6.45, 7) is 2.99. The third-order valence-electron chi connectivity index (χ3n) is 4.06. The van der Waals surface area contributed by atoms with Crippen LogP contribution in [-0.2, 0) is 16.6 Å². The molecule has 0 radical (unpaired) electrons. The van der Waals surface area contributed by atoms with Gasteiger partial charge in [0.2, 0.25) is 5.91 Å². The zero-order valence-electron chi connectivity index (χ0n) is 14.2. The van der Waals surface area contributed by atoms with Crippen LogP contribution in [-0.4, -0.2) is 51.5 Å². The SMILES string of the molecule is CC(=O)NCCN(C(=O)c1c(Cl)c2ccccc2n1C)C(C)C(=O)O. The van der Waals surface area contributed by atoms with E-state index in [0.29, 0.717) is 0 Å². The van der Waals surface area contributed by atoms with E-state index in [0.717, 1.165) is 10.9 Å². The number of nitrogens with one attached hydrogen (secondary N) is 1. The second kappa shape index (κ2) is 7.57. The Morgan fingerprint density at radius 2 is 1.96 bits per heavy atom. The molecular formula is C17H20ClN3O4. The molecule has 134 valence electrons. The summed E-state index contributed by atoms with van der Waals surface area (Å²) in [6, 6.07) is 6.23. The van der Waals surface area contributed by atoms with Gasteiger partial charge in [0.25, 0.3) is 5.91 Å². The van der Waals surface area contributed by atoms with Crippen molar-refractivity contribution in [2.75, 3.05) is 13.1 Å². The number of aryl methyl sites for hydroxylation is 1. The predicted octanol–water partition coefficient (Wildman–Crippen LogP) is 1.88. The zero-order valence-corrected chi connectivity index (χ0v) is 15.0. The fraction of sp³-hybridized carbons (Fsp3) is 0.353. The van der Waals surface area contributed by atoms with Crippen LogP contribution in [0.25, 0.3) is 10.9 Å². The molecule has 2 aromatic rings. The molecule has 0 saturated heterocycles. The Bertz CT molecular complexity index is 792. The fourth-order valence-electron chi connectivity index (χ4n) is 2.68. The number of carbonyl (C=O) groups is 3. The Hall–Kier alpha value is -2.54. The summed E-state index contributed by atoms with van der Waals surface area (Å²) in [6.07, 6.45) is 0. The third-order valence-corrected chi connectivity index (χ3v) is 4.44. The van der Waals surface area contributed by atoms with Gasteiger partial charge in [-0.25, -0.2) is 4.79 Å². The molecule has 0 fully saturated rings. The zero-order chi connectivity index (χ0) is 18.7. The predicted molar refractivity (Wildman–Crippen MR) is 94.7 cm³/mol. The van der Waals surface area contributed by atoms with Gasteiger partial charge in [-0.3, -0.25) is 9.59 Å². The first-order chi connectivity index (χ1) is 11.8. The molecule has 25 heavy (non-hydrogen) atoms. The summed E-state index contributed by atoms with van der Waals surface area (Å²) >= 11 is 6.38. The van der Waals surface area contributed by atoms with Gasteiger partial charge < -0.3 is 19.9 Å². The van der Waals surface area contributed by atoms with E-state index in [1.54, 1.807) is 17.7 Å². The van der Waals surface area contributed by atoms with Crippen molar-refractivity contribution in [2.45, 2.75) is 19.9 Å². The number of nitrogens with zero attached hydrogens (tertiary/aromatic N) is 2. The lowest BCUT2D eigenvalue weighted by Gasteiger charge is -2.27. The van der Waals surface area contributed by atoms with Gasteiger partial charge >= 0.3 is 5.97 Å². The van der Waals surface area contributed by atoms with Gasteiger partial charge in [0.15, 0.2) is 0 Å². The summed E-state index contributed by atoms with van der Waals surface area (Å²) in [5.41, 5.74) is 0.999. The maximum absolute atomic E-state index is 13.0. The van der Waals surface area contributed by atoms with E-state index in [9.17, 15) is 19.5 Å². The maximum Gasteiger partial charge on any atom is 0.326 e. The lowest BCUT2D eigenvalue weighted by Crippen LogP contribution is -2.47. The molecule has 8 heteroatoms. The fourth-order valence-corrected chi connectivity index (χ4v) is 3.04. The number of carboxylic acids is 1. The minimum Gasteiger partial charge on any atom is -0.480 e. The van der Waals surface area contributed by atoms with Crippen molar-refractivity contribution < 1.29 is 19.5 Å². The number of hydrogen-bond donors (Lipinski definition) is 2. The van der Waals surface area contributed by atoms with Crippen LogP contribution in [0.4, 0.5) is 0 Å². The Morgan fingerprint density at radius 1 is 1.32 bits per heavy atom. The summed E-state index contributed by atoms with van der Waals surface area (Å²) in [5.74, 6) is -1.88. The lowest BCUT2D eigenvalue weighted by molar-refractivity contribution is -0.141. The number of rotatable bonds is 6. The number of para-hydroxylation sites is 1. The monoisotopic (exact) mass is 365 g/mol. The van der Waals surface area contributed by atoms with Gasteiger partial charge in [-0.15, -0.1) is 0 Å². The van der Waals surface area contributed by atoms with Crippen LogP contribution in [0.15, 0.2) is 24.3 Å². The summed E-state index contributed by atoms with van der Waals surface area (Å²) in [5, 5.41) is 12.9. The van der Waals surface area contributed by atoms with Crippen LogP contribution in [0.1, 0.15) is 24.3 Å². The number of amides is 2. The molecule has 0 aliphatic rings.